The Kier molecular flexibility index (Phi) is 5.46. The maximum atomic E-state index is 9.21. The lowest BCUT2D eigenvalue weighted by Gasteiger charge is -2.15. The van der Waals surface area contributed by atoms with Gasteiger partial charge in [0.25, 0.3) is 0 Å². The molecular formula is C12H16N2O. The van der Waals surface area contributed by atoms with Crippen molar-refractivity contribution in [2.45, 2.75) is 18.9 Å². The Hall–Kier alpha value is -1.37. The van der Waals surface area contributed by atoms with Crippen molar-refractivity contribution in [3.63, 3.8) is 0 Å². The summed E-state index contributed by atoms with van der Waals surface area (Å²) in [6.45, 7) is 0.838. The van der Waals surface area contributed by atoms with Crippen LogP contribution in [-0.2, 0) is 0 Å². The van der Waals surface area contributed by atoms with Gasteiger partial charge >= 0.3 is 0 Å². The third kappa shape index (κ3) is 4.11. The molecule has 1 rings (SSSR count). The fraction of sp³-hybridized carbons (Fsp3) is 0.417. The highest BCUT2D eigenvalue weighted by Gasteiger charge is 2.07. The number of unbranched alkanes of at least 4 members (excludes halogenated alkanes) is 1. The van der Waals surface area contributed by atoms with E-state index in [1.165, 1.54) is 0 Å². The Labute approximate surface area is 90.4 Å². The van der Waals surface area contributed by atoms with Crippen molar-refractivity contribution in [3.8, 4) is 6.07 Å². The van der Waals surface area contributed by atoms with E-state index in [4.69, 9.17) is 5.26 Å². The summed E-state index contributed by atoms with van der Waals surface area (Å²) in [7, 11) is 0. The van der Waals surface area contributed by atoms with Gasteiger partial charge in [-0.05, 0) is 18.5 Å². The highest BCUT2D eigenvalue weighted by atomic mass is 16.3. The molecule has 2 N–H and O–H groups in total. The van der Waals surface area contributed by atoms with E-state index in [0.29, 0.717) is 6.42 Å². The zero-order valence-electron chi connectivity index (χ0n) is 8.69. The largest absolute Gasteiger partial charge is 0.394 e. The van der Waals surface area contributed by atoms with E-state index >= 15 is 0 Å². The van der Waals surface area contributed by atoms with Gasteiger partial charge in [-0.1, -0.05) is 30.3 Å². The van der Waals surface area contributed by atoms with E-state index in [-0.39, 0.29) is 12.6 Å². The van der Waals surface area contributed by atoms with E-state index in [1.54, 1.807) is 0 Å². The summed E-state index contributed by atoms with van der Waals surface area (Å²) in [5, 5.41) is 20.8. The molecular weight excluding hydrogens is 188 g/mol. The van der Waals surface area contributed by atoms with Crippen molar-refractivity contribution in [1.29, 1.82) is 5.26 Å². The molecule has 1 unspecified atom stereocenters. The molecule has 0 aliphatic heterocycles. The summed E-state index contributed by atoms with van der Waals surface area (Å²) in [5.41, 5.74) is 1.08. The predicted octanol–water partition coefficient (Wildman–Crippen LogP) is 1.61. The first-order chi connectivity index (χ1) is 7.38. The third-order valence-corrected chi connectivity index (χ3v) is 2.24. The molecule has 0 spiro atoms. The van der Waals surface area contributed by atoms with E-state index < -0.39 is 0 Å². The minimum atomic E-state index is -0.0232. The molecule has 0 saturated heterocycles. The number of nitriles is 1. The van der Waals surface area contributed by atoms with Gasteiger partial charge in [-0.3, -0.25) is 0 Å². The number of hydrogen-bond donors (Lipinski definition) is 2. The van der Waals surface area contributed by atoms with Gasteiger partial charge in [0.1, 0.15) is 0 Å². The van der Waals surface area contributed by atoms with E-state index in [9.17, 15) is 5.11 Å². The fourth-order valence-corrected chi connectivity index (χ4v) is 1.42. The summed E-state index contributed by atoms with van der Waals surface area (Å²) in [6, 6.07) is 11.9. The van der Waals surface area contributed by atoms with E-state index in [0.717, 1.165) is 18.5 Å². The number of nitrogens with one attached hydrogen (secondary N) is 1. The van der Waals surface area contributed by atoms with Gasteiger partial charge in [-0.2, -0.15) is 5.26 Å². The molecule has 15 heavy (non-hydrogen) atoms. The molecule has 0 aliphatic rings. The van der Waals surface area contributed by atoms with Crippen LogP contribution in [-0.4, -0.2) is 18.3 Å². The van der Waals surface area contributed by atoms with Crippen molar-refractivity contribution < 1.29 is 5.11 Å². The van der Waals surface area contributed by atoms with Crippen LogP contribution in [0.5, 0.6) is 0 Å². The molecule has 0 heterocycles. The second-order valence-corrected chi connectivity index (χ2v) is 3.36. The van der Waals surface area contributed by atoms with Crippen LogP contribution in [0.4, 0.5) is 0 Å². The molecule has 0 bridgehead atoms. The summed E-state index contributed by atoms with van der Waals surface area (Å²) in [4.78, 5) is 0. The molecule has 0 aromatic heterocycles. The van der Waals surface area contributed by atoms with Crippen molar-refractivity contribution in [2.75, 3.05) is 13.2 Å². The molecule has 1 atom stereocenters. The second kappa shape index (κ2) is 6.99. The zero-order chi connectivity index (χ0) is 10.9. The first kappa shape index (κ1) is 11.7. The lowest BCUT2D eigenvalue weighted by Crippen LogP contribution is -2.25. The highest BCUT2D eigenvalue weighted by molar-refractivity contribution is 5.18. The molecule has 3 heteroatoms. The number of aliphatic hydroxyl groups is 1. The van der Waals surface area contributed by atoms with Gasteiger partial charge in [-0.15, -0.1) is 0 Å². The molecule has 0 amide bonds. The minimum absolute atomic E-state index is 0.0232. The normalized spacial score (nSPS) is 12.0. The maximum absolute atomic E-state index is 9.21. The predicted molar refractivity (Wildman–Crippen MR) is 59.1 cm³/mol. The van der Waals surface area contributed by atoms with Crippen LogP contribution in [0, 0.1) is 11.3 Å². The minimum Gasteiger partial charge on any atom is -0.394 e. The monoisotopic (exact) mass is 204 g/mol. The van der Waals surface area contributed by atoms with Crippen LogP contribution in [0.15, 0.2) is 30.3 Å². The smallest absolute Gasteiger partial charge is 0.0626 e. The van der Waals surface area contributed by atoms with Crippen molar-refractivity contribution in [2.24, 2.45) is 0 Å². The van der Waals surface area contributed by atoms with Crippen LogP contribution in [0.3, 0.4) is 0 Å². The first-order valence-corrected chi connectivity index (χ1v) is 5.14. The number of benzene rings is 1. The summed E-state index contributed by atoms with van der Waals surface area (Å²) < 4.78 is 0. The molecule has 0 saturated carbocycles. The molecule has 1 aromatic rings. The van der Waals surface area contributed by atoms with Gasteiger partial charge in [0.05, 0.1) is 18.7 Å². The number of nitrogens with zero attached hydrogens (tertiary/aromatic N) is 1. The van der Waals surface area contributed by atoms with E-state index in [2.05, 4.69) is 11.4 Å². The van der Waals surface area contributed by atoms with Crippen LogP contribution in [0.2, 0.25) is 0 Å². The Morgan fingerprint density at radius 3 is 2.67 bits per heavy atom. The van der Waals surface area contributed by atoms with Crippen molar-refractivity contribution in [1.82, 2.24) is 5.32 Å². The molecule has 0 fully saturated rings. The molecule has 80 valence electrons. The summed E-state index contributed by atoms with van der Waals surface area (Å²) in [6.07, 6.45) is 1.37. The number of rotatable bonds is 6. The highest BCUT2D eigenvalue weighted by Crippen LogP contribution is 2.11. The lowest BCUT2D eigenvalue weighted by molar-refractivity contribution is 0.244. The zero-order valence-corrected chi connectivity index (χ0v) is 8.69. The van der Waals surface area contributed by atoms with Gasteiger partial charge < -0.3 is 10.4 Å². The molecule has 0 aliphatic carbocycles. The van der Waals surface area contributed by atoms with Gasteiger partial charge in [0.15, 0.2) is 0 Å². The SMILES string of the molecule is N#CCCCNC(CO)c1ccccc1. The summed E-state index contributed by atoms with van der Waals surface area (Å²) >= 11 is 0. The molecule has 0 radical (unpaired) electrons. The van der Waals surface area contributed by atoms with Crippen molar-refractivity contribution >= 4 is 0 Å². The van der Waals surface area contributed by atoms with Gasteiger partial charge in [-0.25, -0.2) is 0 Å². The number of aliphatic hydroxyl groups excluding tert-OH is 1. The topological polar surface area (TPSA) is 56.0 Å². The van der Waals surface area contributed by atoms with Gasteiger partial charge in [0, 0.05) is 6.42 Å². The first-order valence-electron chi connectivity index (χ1n) is 5.14. The maximum Gasteiger partial charge on any atom is 0.0626 e. The van der Waals surface area contributed by atoms with Crippen LogP contribution < -0.4 is 5.32 Å². The molecule has 3 nitrogen and oxygen atoms in total. The van der Waals surface area contributed by atoms with Crippen LogP contribution in [0.1, 0.15) is 24.4 Å². The summed E-state index contributed by atoms with van der Waals surface area (Å²) in [5.74, 6) is 0. The lowest BCUT2D eigenvalue weighted by atomic mass is 10.1. The quantitative estimate of drug-likeness (QED) is 0.692. The van der Waals surface area contributed by atoms with E-state index in [1.807, 2.05) is 30.3 Å². The third-order valence-electron chi connectivity index (χ3n) is 2.24. The standard InChI is InChI=1S/C12H16N2O/c13-8-4-5-9-14-12(10-15)11-6-2-1-3-7-11/h1-3,6-7,12,14-15H,4-5,9-10H2. The van der Waals surface area contributed by atoms with Gasteiger partial charge in [0.2, 0.25) is 0 Å². The fourth-order valence-electron chi connectivity index (χ4n) is 1.42. The van der Waals surface area contributed by atoms with Crippen molar-refractivity contribution in [3.05, 3.63) is 35.9 Å². The van der Waals surface area contributed by atoms with Crippen LogP contribution in [0.25, 0.3) is 0 Å². The molecule has 1 aromatic carbocycles. The Morgan fingerprint density at radius 1 is 1.33 bits per heavy atom. The average Bonchev–Trinajstić information content (AvgIpc) is 2.30. The van der Waals surface area contributed by atoms with Crippen LogP contribution >= 0.6 is 0 Å². The Bertz CT molecular complexity index is 305. The average molecular weight is 204 g/mol. The second-order valence-electron chi connectivity index (χ2n) is 3.36. The number of hydrogen-bond acceptors (Lipinski definition) is 3. The Balaban J connectivity index is 2.40. The Morgan fingerprint density at radius 2 is 2.07 bits per heavy atom.